The molecular weight excluding hydrogens is 288 g/mol. The van der Waals surface area contributed by atoms with Crippen LogP contribution < -0.4 is 4.74 Å². The number of methoxy groups -OCH3 is 1. The lowest BCUT2D eigenvalue weighted by molar-refractivity contribution is 0.114. The zero-order valence-electron chi connectivity index (χ0n) is 15.1. The quantitative estimate of drug-likeness (QED) is 0.658. The van der Waals surface area contributed by atoms with E-state index in [1.807, 2.05) is 6.07 Å². The highest BCUT2D eigenvalue weighted by Crippen LogP contribution is 2.43. The van der Waals surface area contributed by atoms with Gasteiger partial charge in [0.2, 0.25) is 0 Å². The zero-order valence-corrected chi connectivity index (χ0v) is 16.1. The van der Waals surface area contributed by atoms with Crippen molar-refractivity contribution in [3.8, 4) is 5.75 Å². The van der Waals surface area contributed by atoms with Crippen molar-refractivity contribution >= 4 is 8.32 Å². The number of hydrogen-bond donors (Lipinski definition) is 0. The molecular formula is C19H32O2Si. The lowest BCUT2D eigenvalue weighted by Gasteiger charge is -2.43. The molecule has 0 unspecified atom stereocenters. The second kappa shape index (κ2) is 6.75. The van der Waals surface area contributed by atoms with Gasteiger partial charge in [0.1, 0.15) is 5.75 Å². The van der Waals surface area contributed by atoms with Crippen LogP contribution in [0.4, 0.5) is 0 Å². The Hall–Kier alpha value is -0.803. The highest BCUT2D eigenvalue weighted by molar-refractivity contribution is 6.74. The van der Waals surface area contributed by atoms with Gasteiger partial charge in [0.05, 0.1) is 13.2 Å². The van der Waals surface area contributed by atoms with Crippen molar-refractivity contribution < 1.29 is 9.16 Å². The summed E-state index contributed by atoms with van der Waals surface area (Å²) in [6.07, 6.45) is 5.38. The molecule has 2 nitrogen and oxygen atoms in total. The Bertz CT molecular complexity index is 490. The van der Waals surface area contributed by atoms with Gasteiger partial charge in [-0.25, -0.2) is 0 Å². The second-order valence-corrected chi connectivity index (χ2v) is 12.8. The molecule has 1 saturated carbocycles. The van der Waals surface area contributed by atoms with Crippen LogP contribution in [0.1, 0.15) is 57.9 Å². The van der Waals surface area contributed by atoms with Crippen molar-refractivity contribution in [2.45, 2.75) is 76.6 Å². The van der Waals surface area contributed by atoms with Gasteiger partial charge in [-0.05, 0) is 48.7 Å². The van der Waals surface area contributed by atoms with Gasteiger partial charge in [-0.3, -0.25) is 0 Å². The molecule has 0 aliphatic heterocycles. The summed E-state index contributed by atoms with van der Waals surface area (Å²) in [5.41, 5.74) is 1.38. The Labute approximate surface area is 137 Å². The standard InChI is InChI=1S/C19H32O2Si/c1-19(2,3)22(5,6)21-18-13-8-7-12-17(18)15-10-9-11-16(14-15)20-4/h9-11,14,17-18H,7-8,12-13H2,1-6H3/t17-,18+/m0/s1. The molecule has 0 spiro atoms. The highest BCUT2D eigenvalue weighted by Gasteiger charge is 2.41. The topological polar surface area (TPSA) is 18.5 Å². The summed E-state index contributed by atoms with van der Waals surface area (Å²) in [6.45, 7) is 11.7. The fourth-order valence-electron chi connectivity index (χ4n) is 3.05. The van der Waals surface area contributed by atoms with E-state index >= 15 is 0 Å². The molecule has 1 aromatic rings. The second-order valence-electron chi connectivity index (χ2n) is 8.08. The third-order valence-corrected chi connectivity index (χ3v) is 9.98. The third kappa shape index (κ3) is 3.93. The monoisotopic (exact) mass is 320 g/mol. The Kier molecular flexibility index (Phi) is 5.39. The Morgan fingerprint density at radius 1 is 1.09 bits per heavy atom. The van der Waals surface area contributed by atoms with Crippen LogP contribution in [-0.2, 0) is 4.43 Å². The van der Waals surface area contributed by atoms with E-state index in [0.717, 1.165) is 5.75 Å². The average molecular weight is 321 g/mol. The van der Waals surface area contributed by atoms with Gasteiger partial charge in [0, 0.05) is 5.92 Å². The molecule has 1 aromatic carbocycles. The molecule has 22 heavy (non-hydrogen) atoms. The summed E-state index contributed by atoms with van der Waals surface area (Å²) in [5, 5.41) is 0.267. The maximum absolute atomic E-state index is 6.78. The largest absolute Gasteiger partial charge is 0.497 e. The van der Waals surface area contributed by atoms with E-state index < -0.39 is 8.32 Å². The zero-order chi connectivity index (χ0) is 16.4. The number of hydrogen-bond acceptors (Lipinski definition) is 2. The van der Waals surface area contributed by atoms with Gasteiger partial charge < -0.3 is 9.16 Å². The van der Waals surface area contributed by atoms with Crippen LogP contribution in [0.15, 0.2) is 24.3 Å². The molecule has 2 atom stereocenters. The Morgan fingerprint density at radius 3 is 2.41 bits per heavy atom. The van der Waals surface area contributed by atoms with Crippen molar-refractivity contribution in [2.24, 2.45) is 0 Å². The maximum atomic E-state index is 6.78. The summed E-state index contributed by atoms with van der Waals surface area (Å²) < 4.78 is 12.2. The van der Waals surface area contributed by atoms with E-state index in [2.05, 4.69) is 52.1 Å². The SMILES string of the molecule is COc1cccc([C@@H]2CCCC[C@H]2O[Si](C)(C)C(C)(C)C)c1. The van der Waals surface area contributed by atoms with Crippen molar-refractivity contribution in [3.63, 3.8) is 0 Å². The molecule has 0 saturated heterocycles. The van der Waals surface area contributed by atoms with Crippen LogP contribution >= 0.6 is 0 Å². The van der Waals surface area contributed by atoms with Gasteiger partial charge >= 0.3 is 0 Å². The van der Waals surface area contributed by atoms with E-state index in [1.165, 1.54) is 31.2 Å². The first-order valence-corrected chi connectivity index (χ1v) is 11.5. The molecule has 0 bridgehead atoms. The van der Waals surface area contributed by atoms with Crippen molar-refractivity contribution in [1.29, 1.82) is 0 Å². The molecule has 0 amide bonds. The minimum atomic E-state index is -1.72. The van der Waals surface area contributed by atoms with Gasteiger partial charge in [-0.1, -0.05) is 45.7 Å². The summed E-state index contributed by atoms with van der Waals surface area (Å²) in [7, 11) is 0.0195. The molecule has 0 aromatic heterocycles. The van der Waals surface area contributed by atoms with E-state index in [9.17, 15) is 0 Å². The number of benzene rings is 1. The molecule has 0 heterocycles. The molecule has 2 rings (SSSR count). The van der Waals surface area contributed by atoms with Crippen LogP contribution in [0.25, 0.3) is 0 Å². The molecule has 3 heteroatoms. The predicted molar refractivity (Wildman–Crippen MR) is 96.3 cm³/mol. The van der Waals surface area contributed by atoms with Gasteiger partial charge in [-0.2, -0.15) is 0 Å². The van der Waals surface area contributed by atoms with E-state index in [1.54, 1.807) is 7.11 Å². The third-order valence-electron chi connectivity index (χ3n) is 5.48. The summed E-state index contributed by atoms with van der Waals surface area (Å²) in [5.74, 6) is 1.46. The van der Waals surface area contributed by atoms with Crippen molar-refractivity contribution in [2.75, 3.05) is 7.11 Å². The van der Waals surface area contributed by atoms with Gasteiger partial charge in [-0.15, -0.1) is 0 Å². The van der Waals surface area contributed by atoms with Gasteiger partial charge in [0.15, 0.2) is 8.32 Å². The fourth-order valence-corrected chi connectivity index (χ4v) is 4.44. The Morgan fingerprint density at radius 2 is 1.77 bits per heavy atom. The fraction of sp³-hybridized carbons (Fsp3) is 0.684. The average Bonchev–Trinajstić information content (AvgIpc) is 2.46. The van der Waals surface area contributed by atoms with E-state index in [-0.39, 0.29) is 5.04 Å². The normalized spacial score (nSPS) is 23.4. The lowest BCUT2D eigenvalue weighted by Crippen LogP contribution is -2.46. The smallest absolute Gasteiger partial charge is 0.192 e. The Balaban J connectivity index is 2.21. The molecule has 0 N–H and O–H groups in total. The van der Waals surface area contributed by atoms with E-state index in [4.69, 9.17) is 9.16 Å². The summed E-state index contributed by atoms with van der Waals surface area (Å²) >= 11 is 0. The minimum Gasteiger partial charge on any atom is -0.497 e. The van der Waals surface area contributed by atoms with Gasteiger partial charge in [0.25, 0.3) is 0 Å². The van der Waals surface area contributed by atoms with Crippen molar-refractivity contribution in [3.05, 3.63) is 29.8 Å². The van der Waals surface area contributed by atoms with Crippen LogP contribution in [0, 0.1) is 0 Å². The molecule has 0 radical (unpaired) electrons. The first kappa shape index (κ1) is 17.5. The molecule has 1 fully saturated rings. The van der Waals surface area contributed by atoms with E-state index in [0.29, 0.717) is 12.0 Å². The number of rotatable bonds is 4. The van der Waals surface area contributed by atoms with Crippen LogP contribution in [-0.4, -0.2) is 21.5 Å². The first-order chi connectivity index (χ1) is 10.2. The summed E-state index contributed by atoms with van der Waals surface area (Å²) in [4.78, 5) is 0. The lowest BCUT2D eigenvalue weighted by atomic mass is 9.82. The molecule has 1 aliphatic carbocycles. The highest BCUT2D eigenvalue weighted by atomic mass is 28.4. The van der Waals surface area contributed by atoms with Crippen molar-refractivity contribution in [1.82, 2.24) is 0 Å². The molecule has 1 aliphatic rings. The van der Waals surface area contributed by atoms with Crippen LogP contribution in [0.5, 0.6) is 5.75 Å². The minimum absolute atomic E-state index is 0.267. The first-order valence-electron chi connectivity index (χ1n) is 8.56. The van der Waals surface area contributed by atoms with Crippen LogP contribution in [0.3, 0.4) is 0 Å². The maximum Gasteiger partial charge on any atom is 0.192 e. The molecule has 124 valence electrons. The predicted octanol–water partition coefficient (Wildman–Crippen LogP) is 5.74. The van der Waals surface area contributed by atoms with Crippen LogP contribution in [0.2, 0.25) is 18.1 Å². The summed E-state index contributed by atoms with van der Waals surface area (Å²) in [6, 6.07) is 8.56. The number of ether oxygens (including phenoxy) is 1.